The van der Waals surface area contributed by atoms with Crippen molar-refractivity contribution in [2.45, 2.75) is 39.2 Å². The first-order chi connectivity index (χ1) is 9.11. The largest absolute Gasteiger partial charge is 0.340 e. The Morgan fingerprint density at radius 2 is 1.89 bits per heavy atom. The van der Waals surface area contributed by atoms with Crippen molar-refractivity contribution in [3.05, 3.63) is 35.4 Å². The van der Waals surface area contributed by atoms with Gasteiger partial charge in [-0.1, -0.05) is 31.2 Å². The maximum atomic E-state index is 12.3. The minimum Gasteiger partial charge on any atom is -0.340 e. The average Bonchev–Trinajstić information content (AvgIpc) is 2.39. The van der Waals surface area contributed by atoms with Gasteiger partial charge in [0.2, 0.25) is 5.91 Å². The van der Waals surface area contributed by atoms with E-state index in [2.05, 4.69) is 37.3 Å². The molecule has 0 N–H and O–H groups in total. The molecule has 3 nitrogen and oxygen atoms in total. The molecular weight excluding hydrogens is 236 g/mol. The molecule has 1 aromatic carbocycles. The van der Waals surface area contributed by atoms with Gasteiger partial charge in [-0.25, -0.2) is 0 Å². The number of nitrogens with zero attached hydrogens (tertiary/aromatic N) is 2. The van der Waals surface area contributed by atoms with Crippen LogP contribution in [0.5, 0.6) is 0 Å². The topological polar surface area (TPSA) is 44.1 Å². The van der Waals surface area contributed by atoms with Gasteiger partial charge < -0.3 is 4.90 Å². The Morgan fingerprint density at radius 3 is 2.32 bits per heavy atom. The fourth-order valence-corrected chi connectivity index (χ4v) is 2.50. The molecule has 0 bridgehead atoms. The van der Waals surface area contributed by atoms with Crippen LogP contribution in [0.25, 0.3) is 0 Å². The highest BCUT2D eigenvalue weighted by Gasteiger charge is 2.46. The quantitative estimate of drug-likeness (QED) is 0.831. The Kier molecular flexibility index (Phi) is 3.90. The van der Waals surface area contributed by atoms with Crippen molar-refractivity contribution >= 4 is 5.91 Å². The fraction of sp³-hybridized carbons (Fsp3) is 0.500. The van der Waals surface area contributed by atoms with Gasteiger partial charge >= 0.3 is 0 Å². The Labute approximate surface area is 114 Å². The molecule has 1 aliphatic rings. The van der Waals surface area contributed by atoms with E-state index in [1.807, 2.05) is 0 Å². The SMILES string of the molecule is CCc1ccc(CN(C)C(=O)C2(C#N)CCC2)cc1. The zero-order chi connectivity index (χ0) is 13.9. The van der Waals surface area contributed by atoms with E-state index in [9.17, 15) is 10.1 Å². The van der Waals surface area contributed by atoms with Gasteiger partial charge in [0.25, 0.3) is 0 Å². The predicted molar refractivity (Wildman–Crippen MR) is 74.2 cm³/mol. The average molecular weight is 256 g/mol. The molecule has 1 saturated carbocycles. The molecule has 0 heterocycles. The van der Waals surface area contributed by atoms with E-state index in [0.29, 0.717) is 19.4 Å². The summed E-state index contributed by atoms with van der Waals surface area (Å²) in [7, 11) is 1.79. The van der Waals surface area contributed by atoms with E-state index in [1.54, 1.807) is 11.9 Å². The summed E-state index contributed by atoms with van der Waals surface area (Å²) in [4.78, 5) is 14.0. The van der Waals surface area contributed by atoms with Crippen LogP contribution < -0.4 is 0 Å². The number of carbonyl (C=O) groups is 1. The van der Waals surface area contributed by atoms with Gasteiger partial charge in [-0.3, -0.25) is 4.79 Å². The summed E-state index contributed by atoms with van der Waals surface area (Å²) < 4.78 is 0. The van der Waals surface area contributed by atoms with Crippen LogP contribution in [-0.2, 0) is 17.8 Å². The van der Waals surface area contributed by atoms with Crippen LogP contribution in [0.2, 0.25) is 0 Å². The van der Waals surface area contributed by atoms with E-state index in [-0.39, 0.29) is 5.91 Å². The second kappa shape index (κ2) is 5.44. The number of nitriles is 1. The van der Waals surface area contributed by atoms with Crippen LogP contribution in [-0.4, -0.2) is 17.9 Å². The van der Waals surface area contributed by atoms with Gasteiger partial charge in [0.1, 0.15) is 5.41 Å². The highest BCUT2D eigenvalue weighted by Crippen LogP contribution is 2.41. The van der Waals surface area contributed by atoms with Crippen molar-refractivity contribution in [2.24, 2.45) is 5.41 Å². The molecule has 0 saturated heterocycles. The Balaban J connectivity index is 2.02. The van der Waals surface area contributed by atoms with Crippen molar-refractivity contribution in [3.63, 3.8) is 0 Å². The number of carbonyl (C=O) groups excluding carboxylic acids is 1. The molecule has 19 heavy (non-hydrogen) atoms. The third-order valence-electron chi connectivity index (χ3n) is 4.03. The molecule has 100 valence electrons. The van der Waals surface area contributed by atoms with Crippen LogP contribution in [0.4, 0.5) is 0 Å². The number of benzene rings is 1. The van der Waals surface area contributed by atoms with E-state index in [0.717, 1.165) is 18.4 Å². The first-order valence-electron chi connectivity index (χ1n) is 6.86. The second-order valence-electron chi connectivity index (χ2n) is 5.38. The first kappa shape index (κ1) is 13.6. The lowest BCUT2D eigenvalue weighted by Crippen LogP contribution is -2.45. The van der Waals surface area contributed by atoms with Crippen molar-refractivity contribution in [1.29, 1.82) is 5.26 Å². The molecule has 0 radical (unpaired) electrons. The maximum absolute atomic E-state index is 12.3. The Hall–Kier alpha value is -1.82. The minimum absolute atomic E-state index is 0.0270. The van der Waals surface area contributed by atoms with Crippen LogP contribution in [0.3, 0.4) is 0 Å². The standard InChI is InChI=1S/C16H20N2O/c1-3-13-5-7-14(8-6-13)11-18(2)15(19)16(12-17)9-4-10-16/h5-8H,3-4,9-11H2,1-2H3. The Morgan fingerprint density at radius 1 is 1.32 bits per heavy atom. The number of hydrogen-bond acceptors (Lipinski definition) is 2. The number of hydrogen-bond donors (Lipinski definition) is 0. The van der Waals surface area contributed by atoms with Crippen LogP contribution in [0.15, 0.2) is 24.3 Å². The lowest BCUT2D eigenvalue weighted by atomic mass is 9.69. The predicted octanol–water partition coefficient (Wildman–Crippen LogP) is 2.90. The molecule has 0 aromatic heterocycles. The molecule has 0 aliphatic heterocycles. The van der Waals surface area contributed by atoms with Crippen molar-refractivity contribution in [3.8, 4) is 6.07 Å². The van der Waals surface area contributed by atoms with Crippen LogP contribution in [0.1, 0.15) is 37.3 Å². The van der Waals surface area contributed by atoms with E-state index in [4.69, 9.17) is 0 Å². The maximum Gasteiger partial charge on any atom is 0.243 e. The summed E-state index contributed by atoms with van der Waals surface area (Å²) in [6.07, 6.45) is 3.42. The number of aryl methyl sites for hydroxylation is 1. The van der Waals surface area contributed by atoms with E-state index < -0.39 is 5.41 Å². The third kappa shape index (κ3) is 2.63. The van der Waals surface area contributed by atoms with Gasteiger partial charge in [0.05, 0.1) is 6.07 Å². The summed E-state index contributed by atoms with van der Waals surface area (Å²) in [6, 6.07) is 10.5. The molecule has 2 rings (SSSR count). The summed E-state index contributed by atoms with van der Waals surface area (Å²) in [6.45, 7) is 2.70. The highest BCUT2D eigenvalue weighted by atomic mass is 16.2. The molecule has 3 heteroatoms. The normalized spacial score (nSPS) is 16.3. The molecule has 1 amide bonds. The molecular formula is C16H20N2O. The molecule has 0 spiro atoms. The summed E-state index contributed by atoms with van der Waals surface area (Å²) in [5.41, 5.74) is 1.67. The van der Waals surface area contributed by atoms with Gasteiger partial charge in [-0.2, -0.15) is 5.26 Å². The second-order valence-corrected chi connectivity index (χ2v) is 5.38. The zero-order valence-corrected chi connectivity index (χ0v) is 11.6. The van der Waals surface area contributed by atoms with Crippen LogP contribution >= 0.6 is 0 Å². The van der Waals surface area contributed by atoms with Gasteiger partial charge in [-0.15, -0.1) is 0 Å². The zero-order valence-electron chi connectivity index (χ0n) is 11.6. The molecule has 1 fully saturated rings. The molecule has 0 atom stereocenters. The lowest BCUT2D eigenvalue weighted by molar-refractivity contribution is -0.142. The first-order valence-corrected chi connectivity index (χ1v) is 6.86. The van der Waals surface area contributed by atoms with Crippen LogP contribution in [0, 0.1) is 16.7 Å². The number of amides is 1. The van der Waals surface area contributed by atoms with Crippen molar-refractivity contribution in [2.75, 3.05) is 7.05 Å². The van der Waals surface area contributed by atoms with Gasteiger partial charge in [0, 0.05) is 13.6 Å². The lowest BCUT2D eigenvalue weighted by Gasteiger charge is -2.36. The van der Waals surface area contributed by atoms with Gasteiger partial charge in [0.15, 0.2) is 0 Å². The molecule has 0 unspecified atom stereocenters. The van der Waals surface area contributed by atoms with Crippen molar-refractivity contribution < 1.29 is 4.79 Å². The highest BCUT2D eigenvalue weighted by molar-refractivity contribution is 5.86. The number of rotatable bonds is 4. The van der Waals surface area contributed by atoms with E-state index in [1.165, 1.54) is 5.56 Å². The Bertz CT molecular complexity index is 494. The monoisotopic (exact) mass is 256 g/mol. The van der Waals surface area contributed by atoms with E-state index >= 15 is 0 Å². The fourth-order valence-electron chi connectivity index (χ4n) is 2.50. The summed E-state index contributed by atoms with van der Waals surface area (Å²) >= 11 is 0. The minimum atomic E-state index is -0.738. The third-order valence-corrected chi connectivity index (χ3v) is 4.03. The molecule has 1 aliphatic carbocycles. The summed E-state index contributed by atoms with van der Waals surface area (Å²) in [5, 5.41) is 9.19. The smallest absolute Gasteiger partial charge is 0.243 e. The van der Waals surface area contributed by atoms with Crippen molar-refractivity contribution in [1.82, 2.24) is 4.90 Å². The molecule has 1 aromatic rings. The summed E-state index contributed by atoms with van der Waals surface area (Å²) in [5.74, 6) is -0.0270. The van der Waals surface area contributed by atoms with Gasteiger partial charge in [-0.05, 0) is 36.8 Å².